The second-order valence-corrected chi connectivity index (χ2v) is 4.69. The Morgan fingerprint density at radius 1 is 1.33 bits per heavy atom. The van der Waals surface area contributed by atoms with E-state index in [4.69, 9.17) is 5.73 Å². The van der Waals surface area contributed by atoms with Crippen LogP contribution < -0.4 is 16.9 Å². The van der Waals surface area contributed by atoms with Gasteiger partial charge in [-0.25, -0.2) is 0 Å². The zero-order valence-corrected chi connectivity index (χ0v) is 10.5. The Bertz CT molecular complexity index is 660. The molecule has 3 N–H and O–H groups in total. The van der Waals surface area contributed by atoms with Gasteiger partial charge in [-0.2, -0.15) is 4.98 Å². The first-order valence-corrected chi connectivity index (χ1v) is 6.06. The van der Waals surface area contributed by atoms with Crippen LogP contribution >= 0.6 is 11.8 Å². The molecule has 0 radical (unpaired) electrons. The van der Waals surface area contributed by atoms with Gasteiger partial charge in [0.15, 0.2) is 5.16 Å². The molecule has 18 heavy (non-hydrogen) atoms. The number of nitrogens with one attached hydrogen (secondary N) is 1. The van der Waals surface area contributed by atoms with Crippen molar-refractivity contribution in [1.82, 2.24) is 14.8 Å². The van der Waals surface area contributed by atoms with Crippen molar-refractivity contribution in [2.75, 3.05) is 0 Å². The average molecular weight is 264 g/mol. The molecule has 0 amide bonds. The van der Waals surface area contributed by atoms with Crippen molar-refractivity contribution in [3.05, 3.63) is 50.5 Å². The largest absolute Gasteiger partial charge is 0.339 e. The standard InChI is InChI=1S/C11H12N4O2S/c1-15-11(13-9(16)10(17)14-15)18-8-4-2-7(6-12)3-5-8/h2-5H,6,12H2,1H3,(H,14,17). The number of rotatable bonds is 3. The van der Waals surface area contributed by atoms with E-state index in [1.807, 2.05) is 24.3 Å². The Balaban J connectivity index is 2.30. The van der Waals surface area contributed by atoms with Crippen LogP contribution in [-0.2, 0) is 13.6 Å². The van der Waals surface area contributed by atoms with E-state index in [2.05, 4.69) is 10.1 Å². The normalized spacial score (nSPS) is 10.6. The van der Waals surface area contributed by atoms with Gasteiger partial charge in [0, 0.05) is 18.5 Å². The Kier molecular flexibility index (Phi) is 3.63. The van der Waals surface area contributed by atoms with Gasteiger partial charge in [-0.05, 0) is 17.7 Å². The van der Waals surface area contributed by atoms with Crippen molar-refractivity contribution in [3.63, 3.8) is 0 Å². The van der Waals surface area contributed by atoms with Crippen molar-refractivity contribution in [2.24, 2.45) is 12.8 Å². The summed E-state index contributed by atoms with van der Waals surface area (Å²) in [6.45, 7) is 0.486. The van der Waals surface area contributed by atoms with Crippen LogP contribution in [0, 0.1) is 0 Å². The fourth-order valence-electron chi connectivity index (χ4n) is 1.35. The Morgan fingerprint density at radius 3 is 2.61 bits per heavy atom. The van der Waals surface area contributed by atoms with Crippen molar-refractivity contribution in [3.8, 4) is 0 Å². The first-order valence-electron chi connectivity index (χ1n) is 5.24. The molecule has 0 spiro atoms. The van der Waals surface area contributed by atoms with Crippen molar-refractivity contribution in [1.29, 1.82) is 0 Å². The van der Waals surface area contributed by atoms with Gasteiger partial charge in [-0.3, -0.25) is 19.4 Å². The van der Waals surface area contributed by atoms with Gasteiger partial charge in [-0.1, -0.05) is 23.9 Å². The summed E-state index contributed by atoms with van der Waals surface area (Å²) >= 11 is 1.30. The van der Waals surface area contributed by atoms with E-state index in [1.165, 1.54) is 16.4 Å². The summed E-state index contributed by atoms with van der Waals surface area (Å²) in [6, 6.07) is 7.60. The molecule has 0 fully saturated rings. The molecular weight excluding hydrogens is 252 g/mol. The van der Waals surface area contributed by atoms with Crippen molar-refractivity contribution in [2.45, 2.75) is 16.6 Å². The van der Waals surface area contributed by atoms with E-state index < -0.39 is 11.1 Å². The molecule has 0 saturated carbocycles. The molecular formula is C11H12N4O2S. The van der Waals surface area contributed by atoms with E-state index in [0.717, 1.165) is 10.5 Å². The molecule has 6 nitrogen and oxygen atoms in total. The molecule has 1 aromatic carbocycles. The first kappa shape index (κ1) is 12.6. The van der Waals surface area contributed by atoms with E-state index in [1.54, 1.807) is 7.05 Å². The van der Waals surface area contributed by atoms with Crippen LogP contribution in [0.25, 0.3) is 0 Å². The lowest BCUT2D eigenvalue weighted by molar-refractivity contribution is 0.596. The zero-order valence-electron chi connectivity index (χ0n) is 9.71. The molecule has 0 aliphatic heterocycles. The highest BCUT2D eigenvalue weighted by molar-refractivity contribution is 7.99. The molecule has 94 valence electrons. The lowest BCUT2D eigenvalue weighted by atomic mass is 10.2. The molecule has 1 aromatic heterocycles. The quantitative estimate of drug-likeness (QED) is 0.766. The predicted octanol–water partition coefficient (Wildman–Crippen LogP) is 0.0785. The van der Waals surface area contributed by atoms with Gasteiger partial charge in [0.1, 0.15) is 0 Å². The molecule has 1 heterocycles. The average Bonchev–Trinajstić information content (AvgIpc) is 2.37. The molecule has 0 aliphatic rings. The number of aryl methyl sites for hydroxylation is 1. The lowest BCUT2D eigenvalue weighted by Crippen LogP contribution is -2.33. The minimum Gasteiger partial charge on any atom is -0.326 e. The third kappa shape index (κ3) is 2.69. The highest BCUT2D eigenvalue weighted by Crippen LogP contribution is 2.24. The third-order valence-electron chi connectivity index (χ3n) is 2.32. The smallest absolute Gasteiger partial charge is 0.326 e. The van der Waals surface area contributed by atoms with Crippen LogP contribution in [0.3, 0.4) is 0 Å². The molecule has 0 saturated heterocycles. The molecule has 0 bridgehead atoms. The fourth-order valence-corrected chi connectivity index (χ4v) is 2.14. The minimum atomic E-state index is -0.783. The number of hydrogen-bond donors (Lipinski definition) is 2. The molecule has 2 rings (SSSR count). The number of hydrogen-bond acceptors (Lipinski definition) is 5. The van der Waals surface area contributed by atoms with Crippen LogP contribution in [0.5, 0.6) is 0 Å². The molecule has 0 atom stereocenters. The van der Waals surface area contributed by atoms with Gasteiger partial charge >= 0.3 is 11.1 Å². The number of nitrogens with zero attached hydrogens (tertiary/aromatic N) is 2. The summed E-state index contributed by atoms with van der Waals surface area (Å²) in [7, 11) is 1.63. The van der Waals surface area contributed by atoms with Gasteiger partial charge in [0.05, 0.1) is 0 Å². The summed E-state index contributed by atoms with van der Waals surface area (Å²) in [5.74, 6) is 0. The maximum atomic E-state index is 11.2. The minimum absolute atomic E-state index is 0.431. The summed E-state index contributed by atoms with van der Waals surface area (Å²) in [5.41, 5.74) is 5.03. The number of benzene rings is 1. The summed E-state index contributed by atoms with van der Waals surface area (Å²) in [6.07, 6.45) is 0. The van der Waals surface area contributed by atoms with Crippen LogP contribution in [-0.4, -0.2) is 14.8 Å². The first-order chi connectivity index (χ1) is 8.60. The van der Waals surface area contributed by atoms with Gasteiger partial charge in [0.25, 0.3) is 0 Å². The number of nitrogens with two attached hydrogens (primary N) is 1. The molecule has 0 aliphatic carbocycles. The highest BCUT2D eigenvalue weighted by Gasteiger charge is 2.05. The summed E-state index contributed by atoms with van der Waals surface area (Å²) < 4.78 is 1.42. The Hall–Kier alpha value is -1.86. The maximum Gasteiger partial charge on any atom is 0.339 e. The predicted molar refractivity (Wildman–Crippen MR) is 68.6 cm³/mol. The summed E-state index contributed by atoms with van der Waals surface area (Å²) in [4.78, 5) is 26.9. The molecule has 7 heteroatoms. The lowest BCUT2D eigenvalue weighted by Gasteiger charge is -2.06. The third-order valence-corrected chi connectivity index (χ3v) is 3.37. The van der Waals surface area contributed by atoms with E-state index in [-0.39, 0.29) is 0 Å². The van der Waals surface area contributed by atoms with Crippen LogP contribution in [0.1, 0.15) is 5.56 Å². The number of H-pyrrole nitrogens is 1. The van der Waals surface area contributed by atoms with Crippen LogP contribution in [0.4, 0.5) is 0 Å². The van der Waals surface area contributed by atoms with E-state index >= 15 is 0 Å². The van der Waals surface area contributed by atoms with E-state index in [9.17, 15) is 9.59 Å². The van der Waals surface area contributed by atoms with Gasteiger partial charge < -0.3 is 5.73 Å². The molecule has 0 unspecified atom stereocenters. The summed E-state index contributed by atoms with van der Waals surface area (Å²) in [5, 5.41) is 2.83. The Labute approximate surface area is 107 Å². The van der Waals surface area contributed by atoms with Crippen LogP contribution in [0.2, 0.25) is 0 Å². The van der Waals surface area contributed by atoms with Crippen LogP contribution in [0.15, 0.2) is 43.9 Å². The van der Waals surface area contributed by atoms with Crippen molar-refractivity contribution < 1.29 is 0 Å². The topological polar surface area (TPSA) is 93.8 Å². The highest BCUT2D eigenvalue weighted by atomic mass is 32.2. The molecule has 2 aromatic rings. The monoisotopic (exact) mass is 264 g/mol. The second kappa shape index (κ2) is 5.19. The van der Waals surface area contributed by atoms with E-state index in [0.29, 0.717) is 11.7 Å². The Morgan fingerprint density at radius 2 is 2.00 bits per heavy atom. The number of aromatic nitrogens is 3. The number of aromatic amines is 1. The fraction of sp³-hybridized carbons (Fsp3) is 0.182. The zero-order chi connectivity index (χ0) is 13.1. The van der Waals surface area contributed by atoms with Crippen molar-refractivity contribution >= 4 is 11.8 Å². The van der Waals surface area contributed by atoms with Gasteiger partial charge in [0.2, 0.25) is 0 Å². The SMILES string of the molecule is Cn1[nH]c(=O)c(=O)nc1Sc1ccc(CN)cc1. The maximum absolute atomic E-state index is 11.2. The van der Waals surface area contributed by atoms with Gasteiger partial charge in [-0.15, -0.1) is 0 Å². The second-order valence-electron chi connectivity index (χ2n) is 3.65.